The summed E-state index contributed by atoms with van der Waals surface area (Å²) in [6.07, 6.45) is 9.34. The topological polar surface area (TPSA) is 69.6 Å². The van der Waals surface area contributed by atoms with Crippen molar-refractivity contribution in [1.82, 2.24) is 4.57 Å². The van der Waals surface area contributed by atoms with Crippen LogP contribution in [0, 0.1) is 0 Å². The third-order valence-electron chi connectivity index (χ3n) is 5.76. The number of nitrogens with zero attached hydrogens (tertiary/aromatic N) is 1. The predicted octanol–water partition coefficient (Wildman–Crippen LogP) is 6.27. The Kier molecular flexibility index (Phi) is 9.28. The Labute approximate surface area is 212 Å². The maximum absolute atomic E-state index is 13.1. The molecule has 0 unspecified atom stereocenters. The van der Waals surface area contributed by atoms with Crippen molar-refractivity contribution < 1.29 is 14.3 Å². The lowest BCUT2D eigenvalue weighted by molar-refractivity contribution is -0.111. The van der Waals surface area contributed by atoms with Crippen LogP contribution < -0.4 is 20.3 Å². The van der Waals surface area contributed by atoms with E-state index in [2.05, 4.69) is 32.2 Å². The molecule has 0 saturated carbocycles. The number of anilines is 1. The number of nitrogens with one attached hydrogen (secondary N) is 1. The van der Waals surface area contributed by atoms with E-state index in [0.29, 0.717) is 17.0 Å². The number of aromatic nitrogens is 1. The van der Waals surface area contributed by atoms with E-state index in [4.69, 9.17) is 9.47 Å². The Balaban J connectivity index is 1.80. The molecule has 3 aromatic rings. The van der Waals surface area contributed by atoms with Gasteiger partial charge in [0, 0.05) is 24.2 Å². The van der Waals surface area contributed by atoms with E-state index in [-0.39, 0.29) is 23.8 Å². The second kappa shape index (κ2) is 12.6. The molecule has 0 radical (unpaired) electrons. The largest absolute Gasteiger partial charge is 0.492 e. The van der Waals surface area contributed by atoms with Crippen molar-refractivity contribution in [3.63, 3.8) is 0 Å². The lowest BCUT2D eigenvalue weighted by Crippen LogP contribution is -2.21. The third-order valence-corrected chi connectivity index (χ3v) is 5.76. The van der Waals surface area contributed by atoms with Crippen LogP contribution >= 0.6 is 0 Å². The van der Waals surface area contributed by atoms with Crippen LogP contribution in [0.15, 0.2) is 82.7 Å². The number of carbonyl (C=O) groups excluding carboxylic acids is 1. The van der Waals surface area contributed by atoms with Crippen LogP contribution in [-0.4, -0.2) is 24.2 Å². The average molecular weight is 487 g/mol. The van der Waals surface area contributed by atoms with Crippen molar-refractivity contribution in [2.75, 3.05) is 19.0 Å². The molecule has 1 heterocycles. The summed E-state index contributed by atoms with van der Waals surface area (Å²) < 4.78 is 13.0. The van der Waals surface area contributed by atoms with Gasteiger partial charge in [-0.2, -0.15) is 0 Å². The molecule has 0 aliphatic rings. The van der Waals surface area contributed by atoms with Crippen LogP contribution in [0.25, 0.3) is 17.0 Å². The lowest BCUT2D eigenvalue weighted by Gasteiger charge is -2.15. The first-order chi connectivity index (χ1) is 17.3. The van der Waals surface area contributed by atoms with Gasteiger partial charge in [0.25, 0.3) is 5.56 Å². The molecule has 0 fully saturated rings. The van der Waals surface area contributed by atoms with Crippen LogP contribution in [-0.2, 0) is 11.8 Å². The van der Waals surface area contributed by atoms with Gasteiger partial charge >= 0.3 is 0 Å². The number of methoxy groups -OCH3 is 1. The molecule has 1 amide bonds. The molecule has 0 atom stereocenters. The third kappa shape index (κ3) is 6.98. The summed E-state index contributed by atoms with van der Waals surface area (Å²) in [5, 5.41) is 3.57. The number of carbonyl (C=O) groups is 1. The smallest absolute Gasteiger partial charge is 0.297 e. The van der Waals surface area contributed by atoms with Gasteiger partial charge in [-0.25, -0.2) is 0 Å². The molecule has 0 bridgehead atoms. The number of allylic oxidation sites excluding steroid dienone is 3. The molecule has 188 valence electrons. The van der Waals surface area contributed by atoms with E-state index in [1.54, 1.807) is 25.3 Å². The highest BCUT2D eigenvalue weighted by Crippen LogP contribution is 2.33. The average Bonchev–Trinajstić information content (AvgIpc) is 2.86. The minimum atomic E-state index is -0.303. The maximum Gasteiger partial charge on any atom is 0.297 e. The molecule has 6 heteroatoms. The minimum absolute atomic E-state index is 0.170. The number of benzene rings is 2. The van der Waals surface area contributed by atoms with E-state index in [9.17, 15) is 9.59 Å². The molecular formula is C30H34N2O4. The van der Waals surface area contributed by atoms with Crippen molar-refractivity contribution in [1.29, 1.82) is 0 Å². The summed E-state index contributed by atoms with van der Waals surface area (Å²) in [7, 11) is 3.20. The summed E-state index contributed by atoms with van der Waals surface area (Å²) in [5.74, 6) is 0.288. The Morgan fingerprint density at radius 1 is 1.03 bits per heavy atom. The van der Waals surface area contributed by atoms with E-state index < -0.39 is 0 Å². The fraction of sp³-hybridized carbons (Fsp3) is 0.267. The maximum atomic E-state index is 13.1. The van der Waals surface area contributed by atoms with E-state index in [1.807, 2.05) is 42.5 Å². The van der Waals surface area contributed by atoms with Crippen LogP contribution in [0.3, 0.4) is 0 Å². The minimum Gasteiger partial charge on any atom is -0.492 e. The van der Waals surface area contributed by atoms with E-state index >= 15 is 0 Å². The predicted molar refractivity (Wildman–Crippen MR) is 148 cm³/mol. The van der Waals surface area contributed by atoms with Crippen molar-refractivity contribution in [3.05, 3.63) is 93.8 Å². The number of amides is 1. The quantitative estimate of drug-likeness (QED) is 0.271. The Bertz CT molecular complexity index is 1360. The number of hydrogen-bond donors (Lipinski definition) is 1. The van der Waals surface area contributed by atoms with Gasteiger partial charge in [0.1, 0.15) is 6.61 Å². The van der Waals surface area contributed by atoms with Gasteiger partial charge in [0.05, 0.1) is 12.6 Å². The van der Waals surface area contributed by atoms with Gasteiger partial charge in [-0.15, -0.1) is 0 Å². The summed E-state index contributed by atoms with van der Waals surface area (Å²) >= 11 is 0. The van der Waals surface area contributed by atoms with Gasteiger partial charge in [-0.05, 0) is 69.5 Å². The van der Waals surface area contributed by atoms with Crippen LogP contribution in [0.5, 0.6) is 11.5 Å². The molecule has 1 aromatic heterocycles. The first-order valence-electron chi connectivity index (χ1n) is 12.0. The SMILES string of the molecule is COc1c(OC/C=C(\C)CCC=C(C)C)c(=O)n(C)c2cc(NC(=O)/C=C/c3ccccc3)ccc12. The highest BCUT2D eigenvalue weighted by atomic mass is 16.5. The zero-order valence-corrected chi connectivity index (χ0v) is 21.6. The standard InChI is InChI=1S/C30H34N2O4/c1-21(2)10-9-11-22(3)18-19-36-29-28(35-5)25-16-15-24(20-26(25)32(4)30(29)34)31-27(33)17-14-23-12-7-6-8-13-23/h6-8,10,12-18,20H,9,11,19H2,1-5H3,(H,31,33)/b17-14+,22-18+. The van der Waals surface area contributed by atoms with Crippen molar-refractivity contribution in [2.24, 2.45) is 7.05 Å². The van der Waals surface area contributed by atoms with Crippen LogP contribution in [0.1, 0.15) is 39.2 Å². The fourth-order valence-electron chi connectivity index (χ4n) is 3.77. The summed E-state index contributed by atoms with van der Waals surface area (Å²) in [6.45, 7) is 6.51. The van der Waals surface area contributed by atoms with E-state index in [1.165, 1.54) is 28.9 Å². The van der Waals surface area contributed by atoms with Gasteiger partial charge in [0.15, 0.2) is 5.75 Å². The molecule has 0 saturated heterocycles. The molecule has 2 aromatic carbocycles. The van der Waals surface area contributed by atoms with Crippen molar-refractivity contribution in [3.8, 4) is 11.5 Å². The van der Waals surface area contributed by atoms with Crippen LogP contribution in [0.4, 0.5) is 5.69 Å². The lowest BCUT2D eigenvalue weighted by atomic mass is 10.1. The first-order valence-corrected chi connectivity index (χ1v) is 12.0. The summed E-state index contributed by atoms with van der Waals surface area (Å²) in [4.78, 5) is 25.5. The monoisotopic (exact) mass is 486 g/mol. The van der Waals surface area contributed by atoms with Crippen LogP contribution in [0.2, 0.25) is 0 Å². The highest BCUT2D eigenvalue weighted by Gasteiger charge is 2.18. The number of aryl methyl sites for hydroxylation is 1. The Morgan fingerprint density at radius 2 is 1.78 bits per heavy atom. The number of hydrogen-bond acceptors (Lipinski definition) is 4. The number of pyridine rings is 1. The highest BCUT2D eigenvalue weighted by molar-refractivity contribution is 6.03. The second-order valence-corrected chi connectivity index (χ2v) is 8.87. The normalized spacial score (nSPS) is 11.5. The molecule has 0 aliphatic carbocycles. The fourth-order valence-corrected chi connectivity index (χ4v) is 3.77. The Morgan fingerprint density at radius 3 is 2.47 bits per heavy atom. The van der Waals surface area contributed by atoms with E-state index in [0.717, 1.165) is 23.8 Å². The van der Waals surface area contributed by atoms with Gasteiger partial charge < -0.3 is 19.4 Å². The molecule has 3 rings (SSSR count). The number of fused-ring (bicyclic) bond motifs is 1. The molecule has 0 aliphatic heterocycles. The molecule has 36 heavy (non-hydrogen) atoms. The van der Waals surface area contributed by atoms with Crippen molar-refractivity contribution >= 4 is 28.6 Å². The number of ether oxygens (including phenoxy) is 2. The van der Waals surface area contributed by atoms with Gasteiger partial charge in [-0.3, -0.25) is 9.59 Å². The molecule has 1 N–H and O–H groups in total. The zero-order valence-electron chi connectivity index (χ0n) is 21.6. The first kappa shape index (κ1) is 26.5. The molecule has 0 spiro atoms. The zero-order chi connectivity index (χ0) is 26.1. The molecule has 6 nitrogen and oxygen atoms in total. The second-order valence-electron chi connectivity index (χ2n) is 8.87. The van der Waals surface area contributed by atoms with Crippen molar-refractivity contribution in [2.45, 2.75) is 33.6 Å². The Hall–Kier alpha value is -4.06. The summed E-state index contributed by atoms with van der Waals surface area (Å²) in [6, 6.07) is 14.9. The van der Waals surface area contributed by atoms with Gasteiger partial charge in [-0.1, -0.05) is 47.6 Å². The number of rotatable bonds is 10. The molecular weight excluding hydrogens is 452 g/mol. The summed E-state index contributed by atoms with van der Waals surface area (Å²) in [5.41, 5.74) is 4.33. The van der Waals surface area contributed by atoms with Gasteiger partial charge in [0.2, 0.25) is 11.7 Å².